The Morgan fingerprint density at radius 1 is 0.913 bits per heavy atom. The van der Waals surface area contributed by atoms with Crippen LogP contribution in [-0.2, 0) is 19.1 Å². The monoisotopic (exact) mass is 321 g/mol. The molecule has 0 radical (unpaired) electrons. The quantitative estimate of drug-likeness (QED) is 0.517. The van der Waals surface area contributed by atoms with Gasteiger partial charge in [-0.3, -0.25) is 14.5 Å². The summed E-state index contributed by atoms with van der Waals surface area (Å²) < 4.78 is 10.3. The van der Waals surface area contributed by atoms with Crippen LogP contribution in [0.3, 0.4) is 0 Å². The minimum absolute atomic E-state index is 0.231. The molecule has 0 saturated heterocycles. The average molecular weight is 321 g/mol. The van der Waals surface area contributed by atoms with Crippen molar-refractivity contribution >= 4 is 11.9 Å². The first-order valence-electron chi connectivity index (χ1n) is 8.22. The highest BCUT2D eigenvalue weighted by molar-refractivity contribution is 5.96. The minimum atomic E-state index is -0.989. The van der Waals surface area contributed by atoms with Crippen molar-refractivity contribution in [2.45, 2.75) is 33.7 Å². The van der Waals surface area contributed by atoms with E-state index in [2.05, 4.69) is 4.90 Å². The third-order valence-corrected chi connectivity index (χ3v) is 3.74. The molecule has 0 heterocycles. The van der Waals surface area contributed by atoms with Crippen LogP contribution in [0.1, 0.15) is 39.3 Å². The maximum Gasteiger partial charge on any atom is 0.322 e. The number of carbonyl (C=O) groups is 2. The highest BCUT2D eigenvalue weighted by Gasteiger charge is 2.40. The fourth-order valence-electron chi connectivity index (χ4n) is 2.70. The Morgan fingerprint density at radius 3 is 1.78 bits per heavy atom. The van der Waals surface area contributed by atoms with E-state index >= 15 is 0 Å². The van der Waals surface area contributed by atoms with E-state index < -0.39 is 23.9 Å². The molecular weight excluding hydrogens is 294 g/mol. The number of rotatable bonds is 9. The summed E-state index contributed by atoms with van der Waals surface area (Å²) in [6.45, 7) is 9.36. The predicted octanol–water partition coefficient (Wildman–Crippen LogP) is 2.81. The Morgan fingerprint density at radius 2 is 1.39 bits per heavy atom. The highest BCUT2D eigenvalue weighted by atomic mass is 16.6. The van der Waals surface area contributed by atoms with Gasteiger partial charge in [-0.05, 0) is 32.5 Å². The maximum absolute atomic E-state index is 12.5. The summed E-state index contributed by atoms with van der Waals surface area (Å²) in [4.78, 5) is 27.0. The Labute approximate surface area is 138 Å². The normalized spacial score (nSPS) is 12.3. The average Bonchev–Trinajstić information content (AvgIpc) is 2.56. The Bertz CT molecular complexity index is 467. The standard InChI is InChI=1S/C18H27NO4/c1-5-19(6-2)16(14-12-10-9-11-13-14)15(17(20)22-7-3)18(21)23-8-4/h9-13,15-16H,5-8H2,1-4H3. The van der Waals surface area contributed by atoms with Gasteiger partial charge in [0, 0.05) is 0 Å². The summed E-state index contributed by atoms with van der Waals surface area (Å²) in [5, 5.41) is 0. The molecule has 0 spiro atoms. The number of esters is 2. The molecule has 0 aliphatic heterocycles. The van der Waals surface area contributed by atoms with Crippen LogP contribution in [0.4, 0.5) is 0 Å². The van der Waals surface area contributed by atoms with E-state index in [9.17, 15) is 9.59 Å². The van der Waals surface area contributed by atoms with Gasteiger partial charge in [0.1, 0.15) is 0 Å². The van der Waals surface area contributed by atoms with E-state index in [1.54, 1.807) is 13.8 Å². The molecule has 0 aromatic heterocycles. The summed E-state index contributed by atoms with van der Waals surface area (Å²) >= 11 is 0. The van der Waals surface area contributed by atoms with E-state index in [1.807, 2.05) is 44.2 Å². The third-order valence-electron chi connectivity index (χ3n) is 3.74. The lowest BCUT2D eigenvalue weighted by molar-refractivity contribution is -0.165. The van der Waals surface area contributed by atoms with Crippen molar-refractivity contribution in [1.82, 2.24) is 4.90 Å². The van der Waals surface area contributed by atoms with Crippen LogP contribution in [0.15, 0.2) is 30.3 Å². The van der Waals surface area contributed by atoms with Crippen LogP contribution >= 0.6 is 0 Å². The molecule has 1 unspecified atom stereocenters. The van der Waals surface area contributed by atoms with Gasteiger partial charge in [0.2, 0.25) is 0 Å². The number of hydrogen-bond acceptors (Lipinski definition) is 5. The molecule has 0 aliphatic rings. The zero-order valence-electron chi connectivity index (χ0n) is 14.5. The third kappa shape index (κ3) is 5.06. The Hall–Kier alpha value is -1.88. The second-order valence-electron chi connectivity index (χ2n) is 5.06. The molecule has 0 saturated carbocycles. The number of carbonyl (C=O) groups excluding carboxylic acids is 2. The molecule has 23 heavy (non-hydrogen) atoms. The van der Waals surface area contributed by atoms with Gasteiger partial charge in [0.05, 0.1) is 19.3 Å². The lowest BCUT2D eigenvalue weighted by Gasteiger charge is -2.33. The summed E-state index contributed by atoms with van der Waals surface area (Å²) in [5.41, 5.74) is 0.905. The molecule has 5 heteroatoms. The van der Waals surface area contributed by atoms with Gasteiger partial charge in [-0.1, -0.05) is 44.2 Å². The lowest BCUT2D eigenvalue weighted by atomic mass is 9.91. The van der Waals surface area contributed by atoms with Crippen molar-refractivity contribution < 1.29 is 19.1 Å². The maximum atomic E-state index is 12.5. The zero-order valence-corrected chi connectivity index (χ0v) is 14.5. The molecule has 0 amide bonds. The van der Waals surface area contributed by atoms with Gasteiger partial charge in [0.25, 0.3) is 0 Å². The van der Waals surface area contributed by atoms with Crippen LogP contribution in [0, 0.1) is 5.92 Å². The first kappa shape index (κ1) is 19.2. The Kier molecular flexibility index (Phi) is 8.33. The van der Waals surface area contributed by atoms with Gasteiger partial charge in [-0.2, -0.15) is 0 Å². The summed E-state index contributed by atoms with van der Waals surface area (Å²) in [6.07, 6.45) is 0. The van der Waals surface area contributed by atoms with Gasteiger partial charge < -0.3 is 9.47 Å². The van der Waals surface area contributed by atoms with Crippen molar-refractivity contribution in [2.75, 3.05) is 26.3 Å². The molecule has 0 aliphatic carbocycles. The van der Waals surface area contributed by atoms with Gasteiger partial charge >= 0.3 is 11.9 Å². The number of benzene rings is 1. The smallest absolute Gasteiger partial charge is 0.322 e. The van der Waals surface area contributed by atoms with Crippen LogP contribution in [0.25, 0.3) is 0 Å². The first-order valence-corrected chi connectivity index (χ1v) is 8.22. The van der Waals surface area contributed by atoms with Crippen molar-refractivity contribution in [1.29, 1.82) is 0 Å². The second kappa shape index (κ2) is 10.0. The molecule has 5 nitrogen and oxygen atoms in total. The van der Waals surface area contributed by atoms with E-state index in [4.69, 9.17) is 9.47 Å². The number of hydrogen-bond donors (Lipinski definition) is 0. The fourth-order valence-corrected chi connectivity index (χ4v) is 2.70. The lowest BCUT2D eigenvalue weighted by Crippen LogP contribution is -2.42. The molecule has 0 bridgehead atoms. The molecule has 1 atom stereocenters. The van der Waals surface area contributed by atoms with Gasteiger partial charge in [-0.15, -0.1) is 0 Å². The number of nitrogens with zero attached hydrogens (tertiary/aromatic N) is 1. The van der Waals surface area contributed by atoms with Crippen LogP contribution in [0.5, 0.6) is 0 Å². The predicted molar refractivity (Wildman–Crippen MR) is 88.9 cm³/mol. The zero-order chi connectivity index (χ0) is 17.2. The molecule has 0 fully saturated rings. The topological polar surface area (TPSA) is 55.8 Å². The number of ether oxygens (including phenoxy) is 2. The Balaban J connectivity index is 3.30. The molecule has 0 N–H and O–H groups in total. The summed E-state index contributed by atoms with van der Waals surface area (Å²) in [5.74, 6) is -2.06. The van der Waals surface area contributed by atoms with Crippen molar-refractivity contribution in [3.8, 4) is 0 Å². The molecule has 1 aromatic rings. The largest absolute Gasteiger partial charge is 0.465 e. The molecule has 1 aromatic carbocycles. The first-order chi connectivity index (χ1) is 11.1. The minimum Gasteiger partial charge on any atom is -0.465 e. The van der Waals surface area contributed by atoms with E-state index in [1.165, 1.54) is 0 Å². The van der Waals surface area contributed by atoms with Crippen LogP contribution in [0.2, 0.25) is 0 Å². The SMILES string of the molecule is CCOC(=O)C(C(=O)OCC)C(c1ccccc1)N(CC)CC. The summed E-state index contributed by atoms with van der Waals surface area (Å²) in [7, 11) is 0. The van der Waals surface area contributed by atoms with Crippen molar-refractivity contribution in [2.24, 2.45) is 5.92 Å². The summed E-state index contributed by atoms with van der Waals surface area (Å²) in [6, 6.07) is 9.16. The van der Waals surface area contributed by atoms with E-state index in [0.29, 0.717) is 13.1 Å². The van der Waals surface area contributed by atoms with Crippen molar-refractivity contribution in [3.05, 3.63) is 35.9 Å². The highest BCUT2D eigenvalue weighted by Crippen LogP contribution is 2.30. The van der Waals surface area contributed by atoms with E-state index in [-0.39, 0.29) is 13.2 Å². The van der Waals surface area contributed by atoms with Crippen LogP contribution in [-0.4, -0.2) is 43.1 Å². The fraction of sp³-hybridized carbons (Fsp3) is 0.556. The van der Waals surface area contributed by atoms with Gasteiger partial charge in [0.15, 0.2) is 5.92 Å². The van der Waals surface area contributed by atoms with Crippen molar-refractivity contribution in [3.63, 3.8) is 0 Å². The van der Waals surface area contributed by atoms with Crippen LogP contribution < -0.4 is 0 Å². The second-order valence-corrected chi connectivity index (χ2v) is 5.06. The van der Waals surface area contributed by atoms with E-state index in [0.717, 1.165) is 5.56 Å². The molecule has 1 rings (SSSR count). The molecule has 128 valence electrons. The molecular formula is C18H27NO4. The van der Waals surface area contributed by atoms with Gasteiger partial charge in [-0.25, -0.2) is 0 Å².